The molecule has 5 heteroatoms. The maximum atomic E-state index is 5.77. The van der Waals surface area contributed by atoms with E-state index >= 15 is 0 Å². The van der Waals surface area contributed by atoms with Gasteiger partial charge < -0.3 is 5.73 Å². The Morgan fingerprint density at radius 3 is 2.69 bits per heavy atom. The number of benzene rings is 1. The number of H-pyrrole nitrogens is 1. The number of thioether (sulfide) groups is 1. The van der Waals surface area contributed by atoms with E-state index in [0.29, 0.717) is 6.54 Å². The fourth-order valence-electron chi connectivity index (χ4n) is 1.42. The molecular formula is C11H14N4S. The highest BCUT2D eigenvalue weighted by Gasteiger charge is 2.13. The van der Waals surface area contributed by atoms with Gasteiger partial charge in [0.1, 0.15) is 5.82 Å². The number of aryl methyl sites for hydroxylation is 1. The number of aromatic nitrogens is 3. The summed E-state index contributed by atoms with van der Waals surface area (Å²) in [5, 5.41) is 7.88. The van der Waals surface area contributed by atoms with Crippen LogP contribution in [0.5, 0.6) is 0 Å². The van der Waals surface area contributed by atoms with Crippen LogP contribution in [0.25, 0.3) is 0 Å². The van der Waals surface area contributed by atoms with Gasteiger partial charge in [0.2, 0.25) is 5.16 Å². The highest BCUT2D eigenvalue weighted by Crippen LogP contribution is 2.31. The first kappa shape index (κ1) is 11.2. The Balaban J connectivity index is 2.12. The Labute approximate surface area is 98.7 Å². The van der Waals surface area contributed by atoms with Crippen LogP contribution in [0.1, 0.15) is 16.6 Å². The van der Waals surface area contributed by atoms with Crippen LogP contribution in [0.4, 0.5) is 0 Å². The van der Waals surface area contributed by atoms with Crippen molar-refractivity contribution in [1.29, 1.82) is 0 Å². The summed E-state index contributed by atoms with van der Waals surface area (Å²) in [6, 6.07) is 10.2. The van der Waals surface area contributed by atoms with Crippen molar-refractivity contribution >= 4 is 11.8 Å². The average molecular weight is 234 g/mol. The molecular weight excluding hydrogens is 220 g/mol. The summed E-state index contributed by atoms with van der Waals surface area (Å²) >= 11 is 1.58. The lowest BCUT2D eigenvalue weighted by atomic mass is 10.1. The van der Waals surface area contributed by atoms with Gasteiger partial charge in [0.05, 0.1) is 0 Å². The molecule has 84 valence electrons. The molecule has 1 aromatic carbocycles. The minimum Gasteiger partial charge on any atom is -0.329 e. The molecule has 1 atom stereocenters. The lowest BCUT2D eigenvalue weighted by Crippen LogP contribution is -2.09. The third-order valence-electron chi connectivity index (χ3n) is 2.21. The summed E-state index contributed by atoms with van der Waals surface area (Å²) in [7, 11) is 0. The molecule has 0 amide bonds. The van der Waals surface area contributed by atoms with Gasteiger partial charge >= 0.3 is 0 Å². The maximum Gasteiger partial charge on any atom is 0.209 e. The van der Waals surface area contributed by atoms with Gasteiger partial charge in [-0.2, -0.15) is 0 Å². The van der Waals surface area contributed by atoms with E-state index in [1.54, 1.807) is 11.8 Å². The van der Waals surface area contributed by atoms with Gasteiger partial charge in [-0.15, -0.1) is 5.10 Å². The number of hydrogen-bond donors (Lipinski definition) is 2. The van der Waals surface area contributed by atoms with Gasteiger partial charge in [0.15, 0.2) is 0 Å². The lowest BCUT2D eigenvalue weighted by molar-refractivity contribution is 0.914. The van der Waals surface area contributed by atoms with E-state index in [4.69, 9.17) is 5.73 Å². The van der Waals surface area contributed by atoms with E-state index in [1.807, 2.05) is 25.1 Å². The molecule has 0 fully saturated rings. The monoisotopic (exact) mass is 234 g/mol. The van der Waals surface area contributed by atoms with E-state index in [9.17, 15) is 0 Å². The second-order valence-electron chi connectivity index (χ2n) is 3.46. The Kier molecular flexibility index (Phi) is 3.58. The van der Waals surface area contributed by atoms with Gasteiger partial charge in [0.25, 0.3) is 0 Å². The summed E-state index contributed by atoms with van der Waals surface area (Å²) in [5.74, 6) is 0.825. The van der Waals surface area contributed by atoms with Crippen molar-refractivity contribution < 1.29 is 0 Å². The molecule has 0 aliphatic rings. The van der Waals surface area contributed by atoms with Crippen molar-refractivity contribution in [2.75, 3.05) is 6.54 Å². The standard InChI is InChI=1S/C11H14N4S/c1-8-13-11(15-14-8)16-10(7-12)9-5-3-2-4-6-9/h2-6,10H,7,12H2,1H3,(H,13,14,15). The summed E-state index contributed by atoms with van der Waals surface area (Å²) in [6.45, 7) is 2.46. The van der Waals surface area contributed by atoms with Gasteiger partial charge in [-0.3, -0.25) is 5.10 Å². The van der Waals surface area contributed by atoms with Crippen LogP contribution in [-0.4, -0.2) is 21.7 Å². The summed E-state index contributed by atoms with van der Waals surface area (Å²) in [4.78, 5) is 4.26. The smallest absolute Gasteiger partial charge is 0.209 e. The van der Waals surface area contributed by atoms with Crippen LogP contribution < -0.4 is 5.73 Å². The molecule has 4 nitrogen and oxygen atoms in total. The second-order valence-corrected chi connectivity index (χ2v) is 4.63. The zero-order chi connectivity index (χ0) is 11.4. The van der Waals surface area contributed by atoms with E-state index in [2.05, 4.69) is 27.3 Å². The van der Waals surface area contributed by atoms with Crippen LogP contribution >= 0.6 is 11.8 Å². The summed E-state index contributed by atoms with van der Waals surface area (Å²) in [5.41, 5.74) is 6.98. The van der Waals surface area contributed by atoms with Gasteiger partial charge in [-0.25, -0.2) is 4.98 Å². The first-order chi connectivity index (χ1) is 7.79. The minimum atomic E-state index is 0.205. The fraction of sp³-hybridized carbons (Fsp3) is 0.273. The number of hydrogen-bond acceptors (Lipinski definition) is 4. The molecule has 16 heavy (non-hydrogen) atoms. The highest BCUT2D eigenvalue weighted by molar-refractivity contribution is 7.99. The Morgan fingerprint density at radius 1 is 1.38 bits per heavy atom. The molecule has 0 radical (unpaired) electrons. The molecule has 1 aromatic heterocycles. The zero-order valence-electron chi connectivity index (χ0n) is 9.05. The van der Waals surface area contributed by atoms with Gasteiger partial charge in [-0.1, -0.05) is 42.1 Å². The first-order valence-electron chi connectivity index (χ1n) is 5.10. The van der Waals surface area contributed by atoms with E-state index in [1.165, 1.54) is 5.56 Å². The molecule has 3 N–H and O–H groups in total. The van der Waals surface area contributed by atoms with Crippen molar-refractivity contribution in [3.05, 3.63) is 41.7 Å². The van der Waals surface area contributed by atoms with E-state index in [0.717, 1.165) is 11.0 Å². The molecule has 2 aromatic rings. The normalized spacial score (nSPS) is 12.6. The molecule has 1 heterocycles. The molecule has 0 saturated carbocycles. The minimum absolute atomic E-state index is 0.205. The largest absolute Gasteiger partial charge is 0.329 e. The van der Waals surface area contributed by atoms with Crippen LogP contribution in [0.15, 0.2) is 35.5 Å². The quantitative estimate of drug-likeness (QED) is 0.793. The lowest BCUT2D eigenvalue weighted by Gasteiger charge is -2.11. The Hall–Kier alpha value is -1.33. The van der Waals surface area contributed by atoms with Crippen LogP contribution in [0.2, 0.25) is 0 Å². The molecule has 0 aliphatic carbocycles. The molecule has 1 unspecified atom stereocenters. The molecule has 0 aliphatic heterocycles. The summed E-state index contributed by atoms with van der Waals surface area (Å²) < 4.78 is 0. The van der Waals surface area contributed by atoms with Crippen molar-refractivity contribution in [3.63, 3.8) is 0 Å². The second kappa shape index (κ2) is 5.14. The number of nitrogens with one attached hydrogen (secondary N) is 1. The fourth-order valence-corrected chi connectivity index (χ4v) is 2.35. The first-order valence-corrected chi connectivity index (χ1v) is 5.98. The third-order valence-corrected chi connectivity index (χ3v) is 3.35. The predicted molar refractivity (Wildman–Crippen MR) is 65.2 cm³/mol. The van der Waals surface area contributed by atoms with Crippen molar-refractivity contribution in [2.45, 2.75) is 17.3 Å². The van der Waals surface area contributed by atoms with Gasteiger partial charge in [0, 0.05) is 11.8 Å². The van der Waals surface area contributed by atoms with Crippen LogP contribution in [-0.2, 0) is 0 Å². The predicted octanol–water partition coefficient (Wildman–Crippen LogP) is 1.91. The Morgan fingerprint density at radius 2 is 2.12 bits per heavy atom. The molecule has 2 rings (SSSR count). The van der Waals surface area contributed by atoms with Crippen molar-refractivity contribution in [3.8, 4) is 0 Å². The SMILES string of the molecule is Cc1nc(SC(CN)c2ccccc2)n[nH]1. The maximum absolute atomic E-state index is 5.77. The molecule has 0 bridgehead atoms. The van der Waals surface area contributed by atoms with Crippen LogP contribution in [0, 0.1) is 6.92 Å². The Bertz CT molecular complexity index is 440. The summed E-state index contributed by atoms with van der Waals surface area (Å²) in [6.07, 6.45) is 0. The number of nitrogens with two attached hydrogens (primary N) is 1. The number of aromatic amines is 1. The van der Waals surface area contributed by atoms with Crippen molar-refractivity contribution in [1.82, 2.24) is 15.2 Å². The number of nitrogens with zero attached hydrogens (tertiary/aromatic N) is 2. The topological polar surface area (TPSA) is 67.6 Å². The van der Waals surface area contributed by atoms with Crippen LogP contribution in [0.3, 0.4) is 0 Å². The zero-order valence-corrected chi connectivity index (χ0v) is 9.87. The molecule has 0 saturated heterocycles. The number of rotatable bonds is 4. The van der Waals surface area contributed by atoms with Crippen molar-refractivity contribution in [2.24, 2.45) is 5.73 Å². The van der Waals surface area contributed by atoms with Gasteiger partial charge in [-0.05, 0) is 12.5 Å². The van der Waals surface area contributed by atoms with E-state index < -0.39 is 0 Å². The highest BCUT2D eigenvalue weighted by atomic mass is 32.2. The third kappa shape index (κ3) is 2.62. The average Bonchev–Trinajstić information content (AvgIpc) is 2.73. The molecule has 0 spiro atoms. The van der Waals surface area contributed by atoms with E-state index in [-0.39, 0.29) is 5.25 Å².